The van der Waals surface area contributed by atoms with Gasteiger partial charge in [0.25, 0.3) is 0 Å². The van der Waals surface area contributed by atoms with E-state index in [1.54, 1.807) is 5.29 Å². The van der Waals surface area contributed by atoms with E-state index in [1.807, 2.05) is 0 Å². The van der Waals surface area contributed by atoms with Crippen LogP contribution in [0.15, 0.2) is 72.1 Å². The van der Waals surface area contributed by atoms with Crippen LogP contribution in [0.3, 0.4) is 0 Å². The predicted molar refractivity (Wildman–Crippen MR) is 80.3 cm³/mol. The van der Waals surface area contributed by atoms with Gasteiger partial charge in [-0.3, -0.25) is 0 Å². The van der Waals surface area contributed by atoms with Crippen molar-refractivity contribution >= 4 is 13.5 Å². The van der Waals surface area contributed by atoms with Crippen molar-refractivity contribution < 1.29 is 0 Å². The van der Waals surface area contributed by atoms with Crippen molar-refractivity contribution in [1.29, 1.82) is 0 Å². The number of hydrogen-bond donors (Lipinski definition) is 0. The van der Waals surface area contributed by atoms with Gasteiger partial charge in [0.2, 0.25) is 0 Å². The number of allylic oxidation sites excluding steroid dienone is 1. The molecule has 1 heterocycles. The molecule has 0 aliphatic carbocycles. The van der Waals surface area contributed by atoms with Crippen molar-refractivity contribution in [2.75, 3.05) is 0 Å². The largest absolute Gasteiger partial charge is 0.0719 e. The zero-order valence-corrected chi connectivity index (χ0v) is 11.1. The SMILES string of the molecule is C1=C(Cc2ccccc2)C(Cc2ccccc2)=P1. The van der Waals surface area contributed by atoms with Crippen molar-refractivity contribution in [3.8, 4) is 0 Å². The molecule has 2 aromatic rings. The highest BCUT2D eigenvalue weighted by Gasteiger charge is 2.13. The van der Waals surface area contributed by atoms with E-state index in [4.69, 9.17) is 0 Å². The summed E-state index contributed by atoms with van der Waals surface area (Å²) in [4.78, 5) is 0. The lowest BCUT2D eigenvalue weighted by Gasteiger charge is -2.17. The first kappa shape index (κ1) is 11.4. The summed E-state index contributed by atoms with van der Waals surface area (Å²) in [6.45, 7) is 0. The lowest BCUT2D eigenvalue weighted by molar-refractivity contribution is 1.20. The highest BCUT2D eigenvalue weighted by molar-refractivity contribution is 7.47. The van der Waals surface area contributed by atoms with Crippen LogP contribution in [0.25, 0.3) is 0 Å². The summed E-state index contributed by atoms with van der Waals surface area (Å²) < 4.78 is 0. The Morgan fingerprint density at radius 3 is 1.72 bits per heavy atom. The third-order valence-corrected chi connectivity index (χ3v) is 4.40. The van der Waals surface area contributed by atoms with Crippen LogP contribution in [-0.2, 0) is 12.8 Å². The van der Waals surface area contributed by atoms with Crippen LogP contribution in [0.4, 0.5) is 0 Å². The normalized spacial score (nSPS) is 14.4. The topological polar surface area (TPSA) is 0 Å². The van der Waals surface area contributed by atoms with E-state index in [2.05, 4.69) is 66.5 Å². The van der Waals surface area contributed by atoms with Crippen LogP contribution >= 0.6 is 8.20 Å². The Morgan fingerprint density at radius 1 is 0.667 bits per heavy atom. The minimum Gasteiger partial charge on any atom is -0.0719 e. The van der Waals surface area contributed by atoms with Gasteiger partial charge in [-0.15, -0.1) is 0 Å². The smallest absolute Gasteiger partial charge is 0.00209 e. The van der Waals surface area contributed by atoms with Crippen LogP contribution in [0.1, 0.15) is 11.1 Å². The van der Waals surface area contributed by atoms with Crippen molar-refractivity contribution in [3.05, 3.63) is 83.2 Å². The van der Waals surface area contributed by atoms with Crippen LogP contribution in [0.5, 0.6) is 0 Å². The first-order chi connectivity index (χ1) is 8.92. The zero-order valence-electron chi connectivity index (χ0n) is 10.2. The van der Waals surface area contributed by atoms with Gasteiger partial charge in [0.1, 0.15) is 0 Å². The third kappa shape index (κ3) is 2.60. The predicted octanol–water partition coefficient (Wildman–Crippen LogP) is 4.49. The quantitative estimate of drug-likeness (QED) is 0.701. The van der Waals surface area contributed by atoms with Gasteiger partial charge >= 0.3 is 0 Å². The van der Waals surface area contributed by atoms with E-state index in [1.165, 1.54) is 24.9 Å². The van der Waals surface area contributed by atoms with Crippen molar-refractivity contribution in [2.24, 2.45) is 0 Å². The number of benzene rings is 2. The van der Waals surface area contributed by atoms with Gasteiger partial charge in [-0.25, -0.2) is 0 Å². The summed E-state index contributed by atoms with van der Waals surface area (Å²) in [6, 6.07) is 21.4. The second-order valence-corrected chi connectivity index (χ2v) is 5.61. The lowest BCUT2D eigenvalue weighted by atomic mass is 9.99. The van der Waals surface area contributed by atoms with E-state index >= 15 is 0 Å². The number of hydrogen-bond acceptors (Lipinski definition) is 0. The molecule has 0 aromatic heterocycles. The first-order valence-corrected chi connectivity index (χ1v) is 7.22. The molecule has 0 unspecified atom stereocenters. The molecule has 0 spiro atoms. The van der Waals surface area contributed by atoms with Gasteiger partial charge in [0.05, 0.1) is 0 Å². The second-order valence-electron chi connectivity index (χ2n) is 4.55. The van der Waals surface area contributed by atoms with Crippen LogP contribution < -0.4 is 0 Å². The van der Waals surface area contributed by atoms with E-state index in [-0.39, 0.29) is 0 Å². The molecule has 0 fully saturated rings. The highest BCUT2D eigenvalue weighted by Crippen LogP contribution is 2.28. The molecule has 0 atom stereocenters. The zero-order chi connectivity index (χ0) is 12.2. The summed E-state index contributed by atoms with van der Waals surface area (Å²) >= 11 is 0. The van der Waals surface area contributed by atoms with E-state index < -0.39 is 0 Å². The van der Waals surface area contributed by atoms with Gasteiger partial charge in [0.15, 0.2) is 0 Å². The van der Waals surface area contributed by atoms with E-state index in [0.29, 0.717) is 0 Å². The summed E-state index contributed by atoms with van der Waals surface area (Å²) in [6.07, 6.45) is 2.18. The van der Waals surface area contributed by atoms with Crippen LogP contribution in [0, 0.1) is 0 Å². The molecule has 1 aliphatic heterocycles. The second kappa shape index (κ2) is 5.33. The van der Waals surface area contributed by atoms with Crippen molar-refractivity contribution in [3.63, 3.8) is 0 Å². The molecule has 0 saturated heterocycles. The Morgan fingerprint density at radius 2 is 1.22 bits per heavy atom. The van der Waals surface area contributed by atoms with E-state index in [9.17, 15) is 0 Å². The summed E-state index contributed by atoms with van der Waals surface area (Å²) in [7, 11) is 1.40. The monoisotopic (exact) mass is 250 g/mol. The molecule has 0 saturated carbocycles. The molecule has 0 amide bonds. The summed E-state index contributed by atoms with van der Waals surface area (Å²) in [5, 5.41) is 1.57. The average molecular weight is 250 g/mol. The molecule has 0 radical (unpaired) electrons. The maximum Gasteiger partial charge on any atom is 0.00209 e. The summed E-state index contributed by atoms with van der Waals surface area (Å²) in [5.41, 5.74) is 4.34. The molecule has 2 aromatic carbocycles. The molecule has 3 rings (SSSR count). The molecular formula is C17H15P. The number of rotatable bonds is 4. The van der Waals surface area contributed by atoms with Crippen LogP contribution in [0.2, 0.25) is 0 Å². The fourth-order valence-corrected chi connectivity index (χ4v) is 3.10. The maximum atomic E-state index is 2.34. The Kier molecular flexibility index (Phi) is 3.39. The molecule has 1 aliphatic rings. The molecule has 0 N–H and O–H groups in total. The molecule has 0 bridgehead atoms. The fraction of sp³-hybridized carbons (Fsp3) is 0.118. The first-order valence-electron chi connectivity index (χ1n) is 6.26. The van der Waals surface area contributed by atoms with E-state index in [0.717, 1.165) is 12.8 Å². The highest BCUT2D eigenvalue weighted by atomic mass is 31.1. The van der Waals surface area contributed by atoms with Gasteiger partial charge < -0.3 is 0 Å². The Balaban J connectivity index is 1.64. The van der Waals surface area contributed by atoms with Crippen LogP contribution in [-0.4, -0.2) is 5.29 Å². The maximum absolute atomic E-state index is 2.34. The fourth-order valence-electron chi connectivity index (χ4n) is 2.16. The molecular weight excluding hydrogens is 235 g/mol. The van der Waals surface area contributed by atoms with Gasteiger partial charge in [-0.05, 0) is 34.2 Å². The van der Waals surface area contributed by atoms with Gasteiger partial charge in [-0.1, -0.05) is 68.9 Å². The molecule has 0 nitrogen and oxygen atoms in total. The third-order valence-electron chi connectivity index (χ3n) is 3.20. The molecule has 18 heavy (non-hydrogen) atoms. The standard InChI is InChI=1S/C17H15P/c1-3-7-14(8-4-1)11-16-13-18-17(16)12-15-9-5-2-6-10-15/h1-10,13H,11-12H2. The minimum atomic E-state index is 1.08. The summed E-state index contributed by atoms with van der Waals surface area (Å²) in [5.74, 6) is 2.34. The Labute approximate surface area is 110 Å². The van der Waals surface area contributed by atoms with Crippen molar-refractivity contribution in [1.82, 2.24) is 0 Å². The van der Waals surface area contributed by atoms with Gasteiger partial charge in [-0.2, -0.15) is 0 Å². The lowest BCUT2D eigenvalue weighted by Crippen LogP contribution is -2.11. The average Bonchev–Trinajstić information content (AvgIpc) is 2.43. The minimum absolute atomic E-state index is 1.08. The van der Waals surface area contributed by atoms with Crippen molar-refractivity contribution in [2.45, 2.75) is 12.8 Å². The molecule has 1 heteroatoms. The Hall–Kier alpha value is -1.65. The van der Waals surface area contributed by atoms with Gasteiger partial charge in [0, 0.05) is 6.42 Å². The Bertz CT molecular complexity index is 524. The molecule has 88 valence electrons.